The minimum absolute atomic E-state index is 0.829. The van der Waals surface area contributed by atoms with E-state index >= 15 is 0 Å². The van der Waals surface area contributed by atoms with Crippen molar-refractivity contribution in [1.82, 2.24) is 0 Å². The van der Waals surface area contributed by atoms with Gasteiger partial charge in [0, 0.05) is 0 Å². The summed E-state index contributed by atoms with van der Waals surface area (Å²) in [6, 6.07) is 0. The molecule has 68 valence electrons. The van der Waals surface area contributed by atoms with Crippen molar-refractivity contribution in [2.75, 3.05) is 0 Å². The van der Waals surface area contributed by atoms with Crippen LogP contribution in [0.4, 0.5) is 0 Å². The molecule has 0 N–H and O–H groups in total. The van der Waals surface area contributed by atoms with Crippen LogP contribution in [-0.4, -0.2) is 0 Å². The monoisotopic (exact) mass is 164 g/mol. The highest BCUT2D eigenvalue weighted by molar-refractivity contribution is 5.11. The summed E-state index contributed by atoms with van der Waals surface area (Å²) in [6.07, 6.45) is 12.0. The minimum Gasteiger partial charge on any atom is -0.0882 e. The first-order valence-corrected chi connectivity index (χ1v) is 5.21. The number of fused-ring (bicyclic) bond motifs is 1. The summed E-state index contributed by atoms with van der Waals surface area (Å²) in [5, 5.41) is 0. The van der Waals surface area contributed by atoms with Gasteiger partial charge in [-0.3, -0.25) is 0 Å². The summed E-state index contributed by atoms with van der Waals surface area (Å²) in [4.78, 5) is 0. The van der Waals surface area contributed by atoms with Crippen LogP contribution in [0.2, 0.25) is 0 Å². The van der Waals surface area contributed by atoms with Crippen molar-refractivity contribution in [3.63, 3.8) is 0 Å². The van der Waals surface area contributed by atoms with E-state index in [9.17, 15) is 0 Å². The fourth-order valence-corrected chi connectivity index (χ4v) is 2.14. The molecule has 3 atom stereocenters. The fourth-order valence-electron chi connectivity index (χ4n) is 2.14. The largest absolute Gasteiger partial charge is 0.0882 e. The van der Waals surface area contributed by atoms with Gasteiger partial charge in [0.05, 0.1) is 0 Å². The second-order valence-corrected chi connectivity index (χ2v) is 3.51. The molecular weight excluding hydrogens is 144 g/mol. The summed E-state index contributed by atoms with van der Waals surface area (Å²) in [7, 11) is 0. The van der Waals surface area contributed by atoms with Crippen LogP contribution in [0.25, 0.3) is 0 Å². The molecule has 2 aliphatic rings. The molecule has 12 heavy (non-hydrogen) atoms. The maximum atomic E-state index is 2.40. The van der Waals surface area contributed by atoms with Gasteiger partial charge in [-0.15, -0.1) is 0 Å². The van der Waals surface area contributed by atoms with Gasteiger partial charge in [0.15, 0.2) is 0 Å². The van der Waals surface area contributed by atoms with Crippen molar-refractivity contribution in [2.24, 2.45) is 17.8 Å². The van der Waals surface area contributed by atoms with E-state index in [1.807, 2.05) is 13.8 Å². The molecule has 2 aliphatic carbocycles. The average molecular weight is 164 g/mol. The van der Waals surface area contributed by atoms with Gasteiger partial charge in [0.2, 0.25) is 0 Å². The molecule has 0 nitrogen and oxygen atoms in total. The normalized spacial score (nSPS) is 37.1. The van der Waals surface area contributed by atoms with Crippen molar-refractivity contribution in [2.45, 2.75) is 33.6 Å². The van der Waals surface area contributed by atoms with E-state index in [2.05, 4.69) is 31.2 Å². The van der Waals surface area contributed by atoms with E-state index in [0.29, 0.717) is 0 Å². The highest BCUT2D eigenvalue weighted by atomic mass is 14.3. The van der Waals surface area contributed by atoms with Gasteiger partial charge < -0.3 is 0 Å². The van der Waals surface area contributed by atoms with E-state index in [-0.39, 0.29) is 0 Å². The molecule has 0 aromatic carbocycles. The van der Waals surface area contributed by atoms with Crippen molar-refractivity contribution < 1.29 is 0 Å². The molecular formula is C12H20. The Kier molecular flexibility index (Phi) is 3.58. The summed E-state index contributed by atoms with van der Waals surface area (Å²) >= 11 is 0. The summed E-state index contributed by atoms with van der Waals surface area (Å²) in [6.45, 7) is 6.33. The molecule has 0 heterocycles. The molecule has 0 radical (unpaired) electrons. The minimum atomic E-state index is 0.829. The van der Waals surface area contributed by atoms with Crippen LogP contribution in [-0.2, 0) is 0 Å². The second-order valence-electron chi connectivity index (χ2n) is 3.51. The van der Waals surface area contributed by atoms with Gasteiger partial charge in [-0.1, -0.05) is 45.1 Å². The van der Waals surface area contributed by atoms with Crippen LogP contribution >= 0.6 is 0 Å². The smallest absolute Gasteiger partial charge is 0.0162 e. The van der Waals surface area contributed by atoms with Crippen molar-refractivity contribution >= 4 is 0 Å². The van der Waals surface area contributed by atoms with E-state index in [4.69, 9.17) is 0 Å². The summed E-state index contributed by atoms with van der Waals surface area (Å²) < 4.78 is 0. The van der Waals surface area contributed by atoms with Crippen molar-refractivity contribution in [3.8, 4) is 0 Å². The zero-order chi connectivity index (χ0) is 8.97. The van der Waals surface area contributed by atoms with Gasteiger partial charge >= 0.3 is 0 Å². The molecule has 2 rings (SSSR count). The first kappa shape index (κ1) is 9.57. The maximum Gasteiger partial charge on any atom is -0.0162 e. The lowest BCUT2D eigenvalue weighted by Crippen LogP contribution is -2.15. The molecule has 0 bridgehead atoms. The first-order chi connectivity index (χ1) is 5.88. The molecule has 0 aromatic heterocycles. The van der Waals surface area contributed by atoms with E-state index < -0.39 is 0 Å². The zero-order valence-corrected chi connectivity index (χ0v) is 8.46. The number of rotatable bonds is 0. The number of hydrogen-bond acceptors (Lipinski definition) is 0. The molecule has 0 aromatic rings. The Labute approximate surface area is 76.4 Å². The highest BCUT2D eigenvalue weighted by Gasteiger charge is 2.28. The number of hydrogen-bond donors (Lipinski definition) is 0. The quantitative estimate of drug-likeness (QED) is 0.478. The van der Waals surface area contributed by atoms with Gasteiger partial charge in [-0.2, -0.15) is 0 Å². The van der Waals surface area contributed by atoms with E-state index in [0.717, 1.165) is 17.8 Å². The molecule has 0 aliphatic heterocycles. The van der Waals surface area contributed by atoms with Crippen LogP contribution < -0.4 is 0 Å². The Morgan fingerprint density at radius 1 is 1.00 bits per heavy atom. The maximum absolute atomic E-state index is 2.40. The molecule has 0 saturated carbocycles. The topological polar surface area (TPSA) is 0 Å². The van der Waals surface area contributed by atoms with Gasteiger partial charge in [0.25, 0.3) is 0 Å². The third-order valence-corrected chi connectivity index (χ3v) is 2.87. The highest BCUT2D eigenvalue weighted by Crippen LogP contribution is 2.38. The lowest BCUT2D eigenvalue weighted by molar-refractivity contribution is 0.343. The van der Waals surface area contributed by atoms with Crippen molar-refractivity contribution in [1.29, 1.82) is 0 Å². The molecule has 0 saturated heterocycles. The lowest BCUT2D eigenvalue weighted by atomic mass is 9.81. The third-order valence-electron chi connectivity index (χ3n) is 2.87. The van der Waals surface area contributed by atoms with Crippen LogP contribution in [0.15, 0.2) is 24.3 Å². The Bertz CT molecular complexity index is 176. The lowest BCUT2D eigenvalue weighted by Gasteiger charge is -2.23. The van der Waals surface area contributed by atoms with Gasteiger partial charge in [-0.05, 0) is 30.6 Å². The molecule has 0 fully saturated rings. The number of allylic oxidation sites excluding steroid dienone is 4. The van der Waals surface area contributed by atoms with Crippen LogP contribution in [0.5, 0.6) is 0 Å². The standard InChI is InChI=1S/C10H14.C2H6/c1-8-6-7-9-4-2-3-5-10(8)9;1-2/h2-3,6-10H,4-5H2,1H3;1-2H3. The second kappa shape index (κ2) is 4.49. The fraction of sp³-hybridized carbons (Fsp3) is 0.667. The van der Waals surface area contributed by atoms with E-state index in [1.54, 1.807) is 0 Å². The van der Waals surface area contributed by atoms with Crippen LogP contribution in [0.1, 0.15) is 33.6 Å². The Morgan fingerprint density at radius 2 is 1.67 bits per heavy atom. The molecule has 3 unspecified atom stereocenters. The van der Waals surface area contributed by atoms with Gasteiger partial charge in [-0.25, -0.2) is 0 Å². The third kappa shape index (κ3) is 1.80. The predicted octanol–water partition coefficient (Wildman–Crippen LogP) is 3.80. The zero-order valence-electron chi connectivity index (χ0n) is 8.46. The Balaban J connectivity index is 0.000000336. The van der Waals surface area contributed by atoms with Crippen molar-refractivity contribution in [3.05, 3.63) is 24.3 Å². The predicted molar refractivity (Wildman–Crippen MR) is 55.0 cm³/mol. The van der Waals surface area contributed by atoms with E-state index in [1.165, 1.54) is 12.8 Å². The molecule has 0 spiro atoms. The first-order valence-electron chi connectivity index (χ1n) is 5.21. The van der Waals surface area contributed by atoms with Crippen LogP contribution in [0.3, 0.4) is 0 Å². The Hall–Kier alpha value is -0.520. The molecule has 0 amide bonds. The Morgan fingerprint density at radius 3 is 2.33 bits per heavy atom. The summed E-state index contributed by atoms with van der Waals surface area (Å²) in [5.74, 6) is 2.64. The van der Waals surface area contributed by atoms with Gasteiger partial charge in [0.1, 0.15) is 0 Å². The molecule has 0 heteroatoms. The SMILES string of the molecule is CC.CC1C=CC2CC=CCC12. The summed E-state index contributed by atoms with van der Waals surface area (Å²) in [5.41, 5.74) is 0. The average Bonchev–Trinajstić information content (AvgIpc) is 2.53. The van der Waals surface area contributed by atoms with Crippen LogP contribution in [0, 0.1) is 17.8 Å².